The summed E-state index contributed by atoms with van der Waals surface area (Å²) in [6, 6.07) is 29.9. The van der Waals surface area contributed by atoms with Gasteiger partial charge in [-0.1, -0.05) is 90.1 Å². The van der Waals surface area contributed by atoms with Gasteiger partial charge < -0.3 is 14.8 Å². The van der Waals surface area contributed by atoms with Crippen molar-refractivity contribution in [3.05, 3.63) is 108 Å². The van der Waals surface area contributed by atoms with Crippen molar-refractivity contribution >= 4 is 0 Å². The molecule has 6 rings (SSSR count). The maximum absolute atomic E-state index is 6.20. The lowest BCUT2D eigenvalue weighted by atomic mass is 10.0. The summed E-state index contributed by atoms with van der Waals surface area (Å²) >= 11 is 0. The van der Waals surface area contributed by atoms with Gasteiger partial charge in [-0.05, 0) is 29.3 Å². The van der Waals surface area contributed by atoms with E-state index in [2.05, 4.69) is 100 Å². The number of hydrogen-bond acceptors (Lipinski definition) is 6. The first-order valence-electron chi connectivity index (χ1n) is 13.0. The topological polar surface area (TPSA) is 64.4 Å². The predicted molar refractivity (Wildman–Crippen MR) is 143 cm³/mol. The van der Waals surface area contributed by atoms with E-state index in [1.54, 1.807) is 0 Å². The molecule has 3 heterocycles. The van der Waals surface area contributed by atoms with E-state index in [0.29, 0.717) is 13.2 Å². The maximum Gasteiger partial charge on any atom is 0.110 e. The molecule has 1 N–H and O–H groups in total. The molecule has 2 fully saturated rings. The van der Waals surface area contributed by atoms with Crippen LogP contribution in [0.3, 0.4) is 0 Å². The zero-order chi connectivity index (χ0) is 25.0. The van der Waals surface area contributed by atoms with Crippen molar-refractivity contribution in [2.45, 2.75) is 43.9 Å². The number of ether oxygens (including phenoxy) is 2. The Labute approximate surface area is 218 Å². The summed E-state index contributed by atoms with van der Waals surface area (Å²) in [6.07, 6.45) is 2.03. The van der Waals surface area contributed by atoms with Crippen LogP contribution in [0.2, 0.25) is 0 Å². The molecule has 0 spiro atoms. The summed E-state index contributed by atoms with van der Waals surface area (Å²) < 4.78 is 14.3. The van der Waals surface area contributed by atoms with Gasteiger partial charge in [0.05, 0.1) is 31.1 Å². The monoisotopic (exact) mass is 495 g/mol. The van der Waals surface area contributed by atoms with Crippen molar-refractivity contribution in [1.82, 2.24) is 25.2 Å². The molecule has 0 bridgehead atoms. The van der Waals surface area contributed by atoms with Crippen molar-refractivity contribution in [1.29, 1.82) is 0 Å². The third kappa shape index (κ3) is 5.50. The van der Waals surface area contributed by atoms with Crippen molar-refractivity contribution in [3.8, 4) is 11.1 Å². The maximum atomic E-state index is 6.20. The fraction of sp³-hybridized carbons (Fsp3) is 0.333. The standard InChI is InChI=1S/C30H33N5O2/c1-34(17-23-8-4-2-5-9-23)18-26-19-35(33-32-26)28-21-37-29-27(20-36-30(28)29)31-16-22-12-14-25(15-13-22)24-10-6-3-7-11-24/h2-15,19,27-31H,16-18,20-21H2,1H3/t27-,28-,29+,30+/m0/s1. The highest BCUT2D eigenvalue weighted by atomic mass is 16.6. The molecule has 3 aromatic carbocycles. The summed E-state index contributed by atoms with van der Waals surface area (Å²) in [4.78, 5) is 2.25. The van der Waals surface area contributed by atoms with Gasteiger partial charge in [0.2, 0.25) is 0 Å². The summed E-state index contributed by atoms with van der Waals surface area (Å²) in [6.45, 7) is 3.61. The molecule has 7 heteroatoms. The van der Waals surface area contributed by atoms with Crippen LogP contribution in [-0.4, -0.2) is 58.4 Å². The molecule has 2 saturated heterocycles. The second-order valence-corrected chi connectivity index (χ2v) is 10.1. The summed E-state index contributed by atoms with van der Waals surface area (Å²) in [5.41, 5.74) is 5.95. The van der Waals surface area contributed by atoms with Crippen LogP contribution in [-0.2, 0) is 29.1 Å². The zero-order valence-corrected chi connectivity index (χ0v) is 21.1. The zero-order valence-electron chi connectivity index (χ0n) is 21.1. The lowest BCUT2D eigenvalue weighted by Crippen LogP contribution is -2.40. The number of benzene rings is 3. The molecule has 2 aliphatic heterocycles. The van der Waals surface area contributed by atoms with Gasteiger partial charge in [-0.3, -0.25) is 4.90 Å². The van der Waals surface area contributed by atoms with Crippen LogP contribution >= 0.6 is 0 Å². The fourth-order valence-corrected chi connectivity index (χ4v) is 5.35. The summed E-state index contributed by atoms with van der Waals surface area (Å²) in [7, 11) is 2.10. The van der Waals surface area contributed by atoms with Crippen LogP contribution in [0.5, 0.6) is 0 Å². The van der Waals surface area contributed by atoms with Crippen molar-refractivity contribution in [3.63, 3.8) is 0 Å². The Bertz CT molecular complexity index is 1280. The second-order valence-electron chi connectivity index (χ2n) is 10.1. The molecular weight excluding hydrogens is 462 g/mol. The molecule has 190 valence electrons. The first kappa shape index (κ1) is 24.0. The number of hydrogen-bond donors (Lipinski definition) is 1. The van der Waals surface area contributed by atoms with Gasteiger partial charge in [0, 0.05) is 19.6 Å². The largest absolute Gasteiger partial charge is 0.371 e. The molecule has 37 heavy (non-hydrogen) atoms. The average molecular weight is 496 g/mol. The number of rotatable bonds is 9. The predicted octanol–water partition coefficient (Wildman–Crippen LogP) is 4.07. The van der Waals surface area contributed by atoms with Crippen molar-refractivity contribution < 1.29 is 9.47 Å². The summed E-state index contributed by atoms with van der Waals surface area (Å²) in [5.74, 6) is 0. The van der Waals surface area contributed by atoms with Crippen LogP contribution in [0, 0.1) is 0 Å². The van der Waals surface area contributed by atoms with E-state index < -0.39 is 0 Å². The van der Waals surface area contributed by atoms with Gasteiger partial charge in [0.15, 0.2) is 0 Å². The normalized spacial score (nSPS) is 23.0. The smallest absolute Gasteiger partial charge is 0.110 e. The summed E-state index contributed by atoms with van der Waals surface area (Å²) in [5, 5.41) is 12.5. The number of aromatic nitrogens is 3. The van der Waals surface area contributed by atoms with Crippen LogP contribution in [0.25, 0.3) is 11.1 Å². The molecule has 0 saturated carbocycles. The Morgan fingerprint density at radius 3 is 2.30 bits per heavy atom. The third-order valence-electron chi connectivity index (χ3n) is 7.28. The quantitative estimate of drug-likeness (QED) is 0.378. The van der Waals surface area contributed by atoms with Crippen molar-refractivity contribution in [2.75, 3.05) is 20.3 Å². The van der Waals surface area contributed by atoms with Gasteiger partial charge in [-0.15, -0.1) is 5.10 Å². The van der Waals surface area contributed by atoms with E-state index in [0.717, 1.165) is 25.3 Å². The van der Waals surface area contributed by atoms with E-state index in [1.807, 2.05) is 23.0 Å². The molecule has 4 aromatic rings. The van der Waals surface area contributed by atoms with E-state index in [9.17, 15) is 0 Å². The Morgan fingerprint density at radius 2 is 1.51 bits per heavy atom. The second kappa shape index (κ2) is 10.9. The van der Waals surface area contributed by atoms with Gasteiger partial charge in [-0.2, -0.15) is 0 Å². The minimum atomic E-state index is -0.0189. The number of nitrogens with one attached hydrogen (secondary N) is 1. The minimum absolute atomic E-state index is 0.0157. The van der Waals surface area contributed by atoms with Crippen LogP contribution < -0.4 is 5.32 Å². The minimum Gasteiger partial charge on any atom is -0.371 e. The molecule has 0 radical (unpaired) electrons. The highest BCUT2D eigenvalue weighted by Crippen LogP contribution is 2.34. The molecular formula is C30H33N5O2. The van der Waals surface area contributed by atoms with Gasteiger partial charge >= 0.3 is 0 Å². The van der Waals surface area contributed by atoms with Crippen molar-refractivity contribution in [2.24, 2.45) is 0 Å². The average Bonchev–Trinajstić information content (AvgIpc) is 3.66. The lowest BCUT2D eigenvalue weighted by molar-refractivity contribution is 0.0619. The van der Waals surface area contributed by atoms with Gasteiger partial charge in [0.25, 0.3) is 0 Å². The highest BCUT2D eigenvalue weighted by Gasteiger charge is 2.48. The number of fused-ring (bicyclic) bond motifs is 1. The molecule has 0 amide bonds. The first-order chi connectivity index (χ1) is 18.2. The molecule has 0 unspecified atom stereocenters. The SMILES string of the molecule is CN(Cc1ccccc1)Cc1cn([C@H]2CO[C@H]3[C@@H]2OC[C@@H]3NCc2ccc(-c3ccccc3)cc2)nn1. The van der Waals surface area contributed by atoms with E-state index in [-0.39, 0.29) is 24.3 Å². The Kier molecular flexibility index (Phi) is 7.10. The Hall–Kier alpha value is -3.36. The molecule has 4 atom stereocenters. The Morgan fingerprint density at radius 1 is 0.811 bits per heavy atom. The van der Waals surface area contributed by atoms with E-state index in [4.69, 9.17) is 9.47 Å². The van der Waals surface area contributed by atoms with E-state index in [1.165, 1.54) is 22.3 Å². The van der Waals surface area contributed by atoms with Crippen LogP contribution in [0.1, 0.15) is 22.9 Å². The number of nitrogens with zero attached hydrogens (tertiary/aromatic N) is 4. The Balaban J connectivity index is 1.02. The highest BCUT2D eigenvalue weighted by molar-refractivity contribution is 5.63. The molecule has 1 aromatic heterocycles. The fourth-order valence-electron chi connectivity index (χ4n) is 5.35. The van der Waals surface area contributed by atoms with E-state index >= 15 is 0 Å². The van der Waals surface area contributed by atoms with Gasteiger partial charge in [0.1, 0.15) is 18.2 Å². The van der Waals surface area contributed by atoms with Crippen LogP contribution in [0.4, 0.5) is 0 Å². The molecule has 7 nitrogen and oxygen atoms in total. The lowest BCUT2D eigenvalue weighted by Gasteiger charge is -2.18. The van der Waals surface area contributed by atoms with Crippen LogP contribution in [0.15, 0.2) is 91.1 Å². The third-order valence-corrected chi connectivity index (χ3v) is 7.28. The first-order valence-corrected chi connectivity index (χ1v) is 13.0. The molecule has 0 aliphatic carbocycles. The van der Waals surface area contributed by atoms with Gasteiger partial charge in [-0.25, -0.2) is 4.68 Å². The molecule has 2 aliphatic rings.